The summed E-state index contributed by atoms with van der Waals surface area (Å²) in [7, 11) is 0. The van der Waals surface area contributed by atoms with Crippen LogP contribution in [0, 0.1) is 0 Å². The Morgan fingerprint density at radius 1 is 0.481 bits per heavy atom. The third-order valence-corrected chi connectivity index (χ3v) is 22.2. The summed E-state index contributed by atoms with van der Waals surface area (Å²) in [6, 6.07) is -2.53. The van der Waals surface area contributed by atoms with E-state index in [1.165, 1.54) is 250 Å². The number of carboxylic acids is 1. The molecule has 3 rings (SSSR count). The minimum atomic E-state index is -3.08. The van der Waals surface area contributed by atoms with Gasteiger partial charge >= 0.3 is 5.97 Å². The number of aliphatic hydroxyl groups is 11. The molecule has 0 saturated carbocycles. The van der Waals surface area contributed by atoms with Crippen molar-refractivity contribution in [3.63, 3.8) is 0 Å². The molecule has 18 atom stereocenters. The third kappa shape index (κ3) is 42.5. The molecule has 0 aromatic carbocycles. The highest BCUT2D eigenvalue weighted by Gasteiger charge is 2.60. The number of carboxylic acid groups (broad SMARTS) is 1. The van der Waals surface area contributed by atoms with Gasteiger partial charge in [-0.1, -0.05) is 321 Å². The average Bonchev–Trinajstić information content (AvgIpc) is 0.755. The normalized spacial score (nSPS) is 25.9. The van der Waals surface area contributed by atoms with Crippen LogP contribution in [0.1, 0.15) is 361 Å². The summed E-state index contributed by atoms with van der Waals surface area (Å²) < 4.78 is 35.0. The standard InChI is InChI=1S/C85H158N2O21/c1-4-6-8-10-12-14-16-18-20-22-24-26-28-29-30-31-32-33-34-35-37-39-41-43-45-47-49-51-53-55-57-59-72(95)87-66(67(92)58-56-54-52-50-48-46-44-42-40-38-36-27-25-23-21-19-17-15-13-11-9-7-5-2)64-103-82-77(99)76(98)79(71(63-90)105-82)106-83-78(100)81(75(97)70(62-89)104-83)108-85(84(101)102)60-68(93)73(86-65(3)91)80(107-85)74(96)69(94)61-88/h24,26,29-30,66-71,73-83,88-90,92-94,96-100H,4-23,25,27-28,31-64H2,1-3H3,(H,86,91)(H,87,95)(H,101,102)/b26-24-,30-29-. The molecule has 14 N–H and O–H groups in total. The summed E-state index contributed by atoms with van der Waals surface area (Å²) in [6.45, 7) is 2.27. The largest absolute Gasteiger partial charge is 0.477 e. The second kappa shape index (κ2) is 63.5. The molecule has 2 amide bonds. The van der Waals surface area contributed by atoms with Crippen LogP contribution in [0.5, 0.6) is 0 Å². The molecule has 3 aliphatic heterocycles. The molecular formula is C85H158N2O21. The maximum Gasteiger partial charge on any atom is 0.364 e. The first-order valence-electron chi connectivity index (χ1n) is 43.7. The zero-order valence-corrected chi connectivity index (χ0v) is 67.5. The highest BCUT2D eigenvalue weighted by Crippen LogP contribution is 2.39. The van der Waals surface area contributed by atoms with Gasteiger partial charge in [-0.25, -0.2) is 4.79 Å². The van der Waals surface area contributed by atoms with Crippen molar-refractivity contribution in [3.8, 4) is 0 Å². The van der Waals surface area contributed by atoms with E-state index in [9.17, 15) is 75.7 Å². The van der Waals surface area contributed by atoms with Gasteiger partial charge in [-0.3, -0.25) is 9.59 Å². The van der Waals surface area contributed by atoms with Gasteiger partial charge in [-0.05, 0) is 44.9 Å². The van der Waals surface area contributed by atoms with Crippen LogP contribution < -0.4 is 10.6 Å². The van der Waals surface area contributed by atoms with Gasteiger partial charge in [0.2, 0.25) is 11.8 Å². The highest BCUT2D eigenvalue weighted by atomic mass is 16.8. The molecule has 3 aliphatic rings. The third-order valence-electron chi connectivity index (χ3n) is 22.2. The lowest BCUT2D eigenvalue weighted by Crippen LogP contribution is -2.70. The van der Waals surface area contributed by atoms with E-state index in [1.54, 1.807) is 0 Å². The number of aliphatic hydroxyl groups excluding tert-OH is 11. The quantitative estimate of drug-likeness (QED) is 0.0199. The van der Waals surface area contributed by atoms with Crippen molar-refractivity contribution in [3.05, 3.63) is 24.3 Å². The molecule has 0 aromatic heterocycles. The van der Waals surface area contributed by atoms with Crippen LogP contribution in [0.3, 0.4) is 0 Å². The molecule has 0 spiro atoms. The van der Waals surface area contributed by atoms with Gasteiger partial charge in [0.15, 0.2) is 12.6 Å². The SMILES string of the molecule is CCCCCCCCCCC/C=C\C/C=C\CCCCCCCCCCCCCCCCCC(=O)NC(COC1OC(CO)C(OC2OC(CO)C(O)C(OC3(C(=O)O)CC(O)C(NC(C)=O)C(C(O)C(O)CO)O3)C2O)C(O)C1O)C(O)CCCCCCCCCCCCCCCCCCCCCCCCC. The Morgan fingerprint density at radius 2 is 0.889 bits per heavy atom. The zero-order chi connectivity index (χ0) is 78.8. The van der Waals surface area contributed by atoms with E-state index < -0.39 is 148 Å². The minimum Gasteiger partial charge on any atom is -0.477 e. The maximum atomic E-state index is 13.6. The summed E-state index contributed by atoms with van der Waals surface area (Å²) in [4.78, 5) is 38.8. The van der Waals surface area contributed by atoms with Crippen molar-refractivity contribution in [1.82, 2.24) is 10.6 Å². The molecule has 23 nitrogen and oxygen atoms in total. The fourth-order valence-corrected chi connectivity index (χ4v) is 15.3. The van der Waals surface area contributed by atoms with Crippen molar-refractivity contribution < 1.29 is 104 Å². The molecular weight excluding hydrogens is 1380 g/mol. The number of carbonyl (C=O) groups is 3. The molecule has 0 aromatic rings. The molecule has 0 radical (unpaired) electrons. The van der Waals surface area contributed by atoms with Crippen molar-refractivity contribution in [2.45, 2.75) is 471 Å². The summed E-state index contributed by atoms with van der Waals surface area (Å²) >= 11 is 0. The Bertz CT molecular complexity index is 2240. The van der Waals surface area contributed by atoms with Gasteiger partial charge in [-0.15, -0.1) is 0 Å². The number of hydrogen-bond donors (Lipinski definition) is 14. The van der Waals surface area contributed by atoms with Crippen LogP contribution in [0.15, 0.2) is 24.3 Å². The molecule has 3 heterocycles. The monoisotopic (exact) mass is 1540 g/mol. The van der Waals surface area contributed by atoms with Crippen LogP contribution in [-0.2, 0) is 42.8 Å². The van der Waals surface area contributed by atoms with Crippen molar-refractivity contribution in [1.29, 1.82) is 0 Å². The topological polar surface area (TPSA) is 373 Å². The number of aliphatic carboxylic acids is 1. The molecule has 3 fully saturated rings. The van der Waals surface area contributed by atoms with E-state index in [1.807, 2.05) is 0 Å². The molecule has 18 unspecified atom stereocenters. The Balaban J connectivity index is 1.47. The number of allylic oxidation sites excluding steroid dienone is 4. The van der Waals surface area contributed by atoms with Gasteiger partial charge in [0.25, 0.3) is 5.79 Å². The number of nitrogens with one attached hydrogen (secondary N) is 2. The predicted molar refractivity (Wildman–Crippen MR) is 421 cm³/mol. The van der Waals surface area contributed by atoms with Gasteiger partial charge in [0, 0.05) is 19.8 Å². The van der Waals surface area contributed by atoms with Crippen molar-refractivity contribution in [2.75, 3.05) is 26.4 Å². The summed E-state index contributed by atoms with van der Waals surface area (Å²) in [6.07, 6.45) is 43.1. The second-order valence-corrected chi connectivity index (χ2v) is 31.8. The lowest BCUT2D eigenvalue weighted by Gasteiger charge is -2.50. The van der Waals surface area contributed by atoms with Crippen LogP contribution in [0.25, 0.3) is 0 Å². The molecule has 23 heteroatoms. The van der Waals surface area contributed by atoms with Crippen LogP contribution in [-0.4, -0.2) is 215 Å². The van der Waals surface area contributed by atoms with Crippen molar-refractivity contribution >= 4 is 17.8 Å². The van der Waals surface area contributed by atoms with Gasteiger partial charge in [-0.2, -0.15) is 0 Å². The molecule has 108 heavy (non-hydrogen) atoms. The smallest absolute Gasteiger partial charge is 0.364 e. The first kappa shape index (κ1) is 99.4. The Morgan fingerprint density at radius 3 is 1.30 bits per heavy atom. The fourth-order valence-electron chi connectivity index (χ4n) is 15.3. The van der Waals surface area contributed by atoms with E-state index >= 15 is 0 Å². The average molecular weight is 1540 g/mol. The second-order valence-electron chi connectivity index (χ2n) is 31.8. The zero-order valence-electron chi connectivity index (χ0n) is 67.5. The van der Waals surface area contributed by atoms with E-state index in [-0.39, 0.29) is 18.9 Å². The Kier molecular flexibility index (Phi) is 58.5. The summed E-state index contributed by atoms with van der Waals surface area (Å²) in [5.41, 5.74) is 0. The molecule has 0 bridgehead atoms. The number of ether oxygens (including phenoxy) is 6. The van der Waals surface area contributed by atoms with E-state index in [4.69, 9.17) is 28.4 Å². The van der Waals surface area contributed by atoms with Crippen LogP contribution in [0.4, 0.5) is 0 Å². The minimum absolute atomic E-state index is 0.225. The van der Waals surface area contributed by atoms with Crippen LogP contribution >= 0.6 is 0 Å². The van der Waals surface area contributed by atoms with Gasteiger partial charge in [0.05, 0.1) is 50.7 Å². The van der Waals surface area contributed by atoms with Gasteiger partial charge in [0.1, 0.15) is 67.1 Å². The predicted octanol–water partition coefficient (Wildman–Crippen LogP) is 13.1. The number of rotatable bonds is 70. The lowest BCUT2D eigenvalue weighted by molar-refractivity contribution is -0.386. The Labute approximate surface area is 651 Å². The highest BCUT2D eigenvalue weighted by molar-refractivity contribution is 5.77. The summed E-state index contributed by atoms with van der Waals surface area (Å²) in [5.74, 6) is -6.09. The lowest BCUT2D eigenvalue weighted by atomic mass is 9.88. The first-order valence-corrected chi connectivity index (χ1v) is 43.7. The van der Waals surface area contributed by atoms with Crippen molar-refractivity contribution in [2.24, 2.45) is 0 Å². The number of amides is 2. The maximum absolute atomic E-state index is 13.6. The van der Waals surface area contributed by atoms with Gasteiger partial charge < -0.3 is 100 Å². The molecule has 634 valence electrons. The molecule has 0 aliphatic carbocycles. The first-order chi connectivity index (χ1) is 52.4. The fraction of sp³-hybridized carbons (Fsp3) is 0.918. The number of carbonyl (C=O) groups excluding carboxylic acids is 2. The molecule has 3 saturated heterocycles. The number of unbranched alkanes of at least 4 members (excludes halogenated alkanes) is 46. The summed E-state index contributed by atoms with van der Waals surface area (Å²) in [5, 5.41) is 137. The van der Waals surface area contributed by atoms with E-state index in [0.717, 1.165) is 64.7 Å². The van der Waals surface area contributed by atoms with E-state index in [0.29, 0.717) is 19.3 Å². The van der Waals surface area contributed by atoms with Crippen LogP contribution in [0.2, 0.25) is 0 Å². The number of hydrogen-bond acceptors (Lipinski definition) is 20. The Hall–Kier alpha value is -2.79. The van der Waals surface area contributed by atoms with E-state index in [2.05, 4.69) is 48.8 Å².